The Morgan fingerprint density at radius 2 is 2.00 bits per heavy atom. The molecule has 0 amide bonds. The number of hydrogen-bond acceptors (Lipinski definition) is 3. The molecule has 1 aromatic heterocycles. The average molecular weight is 260 g/mol. The number of nitrogens with zero attached hydrogens (tertiary/aromatic N) is 2. The topological polar surface area (TPSA) is 36.4 Å². The van der Waals surface area contributed by atoms with E-state index in [1.807, 2.05) is 25.1 Å². The van der Waals surface area contributed by atoms with Crippen LogP contribution in [-0.4, -0.2) is 39.7 Å². The Morgan fingerprint density at radius 1 is 1.32 bits per heavy atom. The summed E-state index contributed by atoms with van der Waals surface area (Å²) in [4.78, 5) is 7.04. The van der Waals surface area contributed by atoms with E-state index >= 15 is 0 Å². The zero-order chi connectivity index (χ0) is 13.5. The molecule has 2 fully saturated rings. The van der Waals surface area contributed by atoms with E-state index in [0.717, 1.165) is 24.2 Å². The molecule has 19 heavy (non-hydrogen) atoms. The second-order valence-electron chi connectivity index (χ2n) is 6.48. The van der Waals surface area contributed by atoms with E-state index in [1.165, 1.54) is 19.3 Å². The molecule has 3 nitrogen and oxygen atoms in total. The first-order valence-electron chi connectivity index (χ1n) is 7.43. The van der Waals surface area contributed by atoms with Gasteiger partial charge in [0, 0.05) is 29.9 Å². The molecule has 104 valence electrons. The summed E-state index contributed by atoms with van der Waals surface area (Å²) in [6, 6.07) is 7.21. The van der Waals surface area contributed by atoms with E-state index in [-0.39, 0.29) is 0 Å². The van der Waals surface area contributed by atoms with E-state index in [1.54, 1.807) is 0 Å². The van der Waals surface area contributed by atoms with Crippen LogP contribution in [0.4, 0.5) is 0 Å². The van der Waals surface area contributed by atoms with Gasteiger partial charge in [0.15, 0.2) is 0 Å². The van der Waals surface area contributed by atoms with Crippen LogP contribution < -0.4 is 0 Å². The Morgan fingerprint density at radius 3 is 2.63 bits per heavy atom. The number of aromatic nitrogens is 1. The molecule has 3 heteroatoms. The normalized spacial score (nSPS) is 35.3. The van der Waals surface area contributed by atoms with E-state index in [9.17, 15) is 5.11 Å². The molecule has 2 bridgehead atoms. The summed E-state index contributed by atoms with van der Waals surface area (Å²) in [7, 11) is 2.22. The highest BCUT2D eigenvalue weighted by atomic mass is 16.3. The molecule has 0 aromatic carbocycles. The van der Waals surface area contributed by atoms with Gasteiger partial charge in [-0.25, -0.2) is 0 Å². The highest BCUT2D eigenvalue weighted by Crippen LogP contribution is 2.39. The van der Waals surface area contributed by atoms with Crippen LogP contribution in [0.15, 0.2) is 18.2 Å². The number of fused-ring (bicyclic) bond motifs is 2. The molecule has 1 N–H and O–H groups in total. The summed E-state index contributed by atoms with van der Waals surface area (Å²) >= 11 is 0. The summed E-state index contributed by atoms with van der Waals surface area (Å²) in [5.74, 6) is 0. The third kappa shape index (κ3) is 2.67. The van der Waals surface area contributed by atoms with Gasteiger partial charge in [-0.1, -0.05) is 12.5 Å². The second kappa shape index (κ2) is 4.88. The van der Waals surface area contributed by atoms with Crippen LogP contribution in [0, 0.1) is 6.92 Å². The third-order valence-corrected chi connectivity index (χ3v) is 4.91. The Kier molecular flexibility index (Phi) is 3.35. The first-order valence-corrected chi connectivity index (χ1v) is 7.43. The van der Waals surface area contributed by atoms with Gasteiger partial charge in [-0.3, -0.25) is 4.98 Å². The lowest BCUT2D eigenvalue weighted by molar-refractivity contribution is -0.0824. The highest BCUT2D eigenvalue weighted by molar-refractivity contribution is 5.13. The second-order valence-corrected chi connectivity index (χ2v) is 6.48. The maximum atomic E-state index is 11.0. The molecule has 0 saturated carbocycles. The molecule has 2 aliphatic rings. The maximum absolute atomic E-state index is 11.0. The highest BCUT2D eigenvalue weighted by Gasteiger charge is 2.43. The molecule has 2 aliphatic heterocycles. The fourth-order valence-corrected chi connectivity index (χ4v) is 3.93. The minimum absolute atomic E-state index is 0.553. The zero-order valence-corrected chi connectivity index (χ0v) is 12.0. The van der Waals surface area contributed by atoms with Gasteiger partial charge in [-0.15, -0.1) is 0 Å². The lowest BCUT2D eigenvalue weighted by atomic mass is 9.74. The van der Waals surface area contributed by atoms with Crippen molar-refractivity contribution in [1.29, 1.82) is 0 Å². The minimum atomic E-state index is -0.553. The SMILES string of the molecule is Cc1cccc(CC2(O)CC3CCCC(C2)N3C)n1. The number of aryl methyl sites for hydroxylation is 1. The van der Waals surface area contributed by atoms with Crippen LogP contribution in [-0.2, 0) is 6.42 Å². The van der Waals surface area contributed by atoms with Gasteiger partial charge >= 0.3 is 0 Å². The zero-order valence-electron chi connectivity index (χ0n) is 12.0. The molecule has 0 aliphatic carbocycles. The van der Waals surface area contributed by atoms with Crippen molar-refractivity contribution >= 4 is 0 Å². The van der Waals surface area contributed by atoms with Crippen molar-refractivity contribution in [3.63, 3.8) is 0 Å². The van der Waals surface area contributed by atoms with Gasteiger partial charge in [0.05, 0.1) is 5.60 Å². The van der Waals surface area contributed by atoms with Crippen LogP contribution >= 0.6 is 0 Å². The monoisotopic (exact) mass is 260 g/mol. The molecule has 2 saturated heterocycles. The van der Waals surface area contributed by atoms with Gasteiger partial charge in [0.25, 0.3) is 0 Å². The van der Waals surface area contributed by atoms with Crippen LogP contribution in [0.5, 0.6) is 0 Å². The lowest BCUT2D eigenvalue weighted by Crippen LogP contribution is -2.57. The van der Waals surface area contributed by atoms with Crippen molar-refractivity contribution < 1.29 is 5.11 Å². The fourth-order valence-electron chi connectivity index (χ4n) is 3.93. The fraction of sp³-hybridized carbons (Fsp3) is 0.688. The number of pyridine rings is 1. The summed E-state index contributed by atoms with van der Waals surface area (Å²) in [6.07, 6.45) is 6.28. The molecule has 0 spiro atoms. The predicted octanol–water partition coefficient (Wildman–Crippen LogP) is 2.31. The summed E-state index contributed by atoms with van der Waals surface area (Å²) in [5.41, 5.74) is 1.52. The molecular formula is C16H24N2O. The van der Waals surface area contributed by atoms with Crippen molar-refractivity contribution in [2.45, 2.75) is 63.1 Å². The minimum Gasteiger partial charge on any atom is -0.389 e. The summed E-state index contributed by atoms with van der Waals surface area (Å²) < 4.78 is 0. The van der Waals surface area contributed by atoms with Crippen LogP contribution in [0.1, 0.15) is 43.5 Å². The molecule has 2 unspecified atom stereocenters. The first kappa shape index (κ1) is 13.1. The smallest absolute Gasteiger partial charge is 0.0732 e. The Labute approximate surface area is 115 Å². The Hall–Kier alpha value is -0.930. The molecule has 1 aromatic rings. The van der Waals surface area contributed by atoms with E-state index < -0.39 is 5.60 Å². The first-order chi connectivity index (χ1) is 9.06. The Bertz CT molecular complexity index is 446. The van der Waals surface area contributed by atoms with Gasteiger partial charge in [0.1, 0.15) is 0 Å². The largest absolute Gasteiger partial charge is 0.389 e. The molecule has 3 heterocycles. The molecule has 2 atom stereocenters. The lowest BCUT2D eigenvalue weighted by Gasteiger charge is -2.50. The standard InChI is InChI=1S/C16H24N2O/c1-12-5-3-6-13(17-12)9-16(19)10-14-7-4-8-15(11-16)18(14)2/h3,5-6,14-15,19H,4,7-11H2,1-2H3. The van der Waals surface area contributed by atoms with E-state index in [0.29, 0.717) is 18.5 Å². The number of hydrogen-bond donors (Lipinski definition) is 1. The predicted molar refractivity (Wildman–Crippen MR) is 76.1 cm³/mol. The molecule has 3 rings (SSSR count). The van der Waals surface area contributed by atoms with Crippen LogP contribution in [0.2, 0.25) is 0 Å². The van der Waals surface area contributed by atoms with Gasteiger partial charge in [-0.2, -0.15) is 0 Å². The van der Waals surface area contributed by atoms with Crippen molar-refractivity contribution in [2.75, 3.05) is 7.05 Å². The molecular weight excluding hydrogens is 236 g/mol. The van der Waals surface area contributed by atoms with Gasteiger partial charge in [-0.05, 0) is 51.8 Å². The van der Waals surface area contributed by atoms with Crippen LogP contribution in [0.3, 0.4) is 0 Å². The third-order valence-electron chi connectivity index (χ3n) is 4.91. The summed E-state index contributed by atoms with van der Waals surface area (Å²) in [5, 5.41) is 11.0. The van der Waals surface area contributed by atoms with Crippen molar-refractivity contribution in [3.8, 4) is 0 Å². The van der Waals surface area contributed by atoms with Crippen molar-refractivity contribution in [2.24, 2.45) is 0 Å². The molecule has 0 radical (unpaired) electrons. The van der Waals surface area contributed by atoms with E-state index in [2.05, 4.69) is 16.9 Å². The van der Waals surface area contributed by atoms with E-state index in [4.69, 9.17) is 0 Å². The van der Waals surface area contributed by atoms with Gasteiger partial charge in [0.2, 0.25) is 0 Å². The number of piperidine rings is 2. The maximum Gasteiger partial charge on any atom is 0.0732 e. The Balaban J connectivity index is 1.77. The average Bonchev–Trinajstić information content (AvgIpc) is 2.31. The van der Waals surface area contributed by atoms with Crippen LogP contribution in [0.25, 0.3) is 0 Å². The van der Waals surface area contributed by atoms with Gasteiger partial charge < -0.3 is 10.0 Å². The number of aliphatic hydroxyl groups is 1. The quantitative estimate of drug-likeness (QED) is 0.886. The van der Waals surface area contributed by atoms with Crippen molar-refractivity contribution in [3.05, 3.63) is 29.6 Å². The van der Waals surface area contributed by atoms with Crippen molar-refractivity contribution in [1.82, 2.24) is 9.88 Å². The number of rotatable bonds is 2. The summed E-state index contributed by atoms with van der Waals surface area (Å²) in [6.45, 7) is 2.01.